The van der Waals surface area contributed by atoms with Crippen molar-refractivity contribution in [3.05, 3.63) is 81.5 Å². The predicted molar refractivity (Wildman–Crippen MR) is 147 cm³/mol. The van der Waals surface area contributed by atoms with E-state index in [2.05, 4.69) is 10.6 Å². The molecule has 3 amide bonds. The maximum absolute atomic E-state index is 13.8. The number of halogens is 2. The van der Waals surface area contributed by atoms with Gasteiger partial charge in [-0.05, 0) is 60.8 Å². The molecule has 2 N–H and O–H groups in total. The number of thiophene rings is 1. The van der Waals surface area contributed by atoms with Gasteiger partial charge in [-0.25, -0.2) is 8.78 Å². The Hall–Kier alpha value is -3.83. The monoisotopic (exact) mass is 553 g/mol. The highest BCUT2D eigenvalue weighted by atomic mass is 32.1. The van der Waals surface area contributed by atoms with E-state index < -0.39 is 17.5 Å². The Morgan fingerprint density at radius 3 is 2.31 bits per heavy atom. The lowest BCUT2D eigenvalue weighted by atomic mass is 10.1. The van der Waals surface area contributed by atoms with Crippen molar-refractivity contribution in [3.63, 3.8) is 0 Å². The molecule has 0 spiro atoms. The van der Waals surface area contributed by atoms with E-state index in [1.807, 2.05) is 16.3 Å². The van der Waals surface area contributed by atoms with Gasteiger partial charge in [0.15, 0.2) is 11.6 Å². The minimum atomic E-state index is -1.12. The second kappa shape index (κ2) is 11.9. The summed E-state index contributed by atoms with van der Waals surface area (Å²) in [5.74, 6) is -2.93. The summed E-state index contributed by atoms with van der Waals surface area (Å²) in [7, 11) is 0. The second-order valence-electron chi connectivity index (χ2n) is 9.47. The summed E-state index contributed by atoms with van der Waals surface area (Å²) in [4.78, 5) is 45.4. The topological polar surface area (TPSA) is 85.0 Å². The van der Waals surface area contributed by atoms with Crippen molar-refractivity contribution < 1.29 is 23.2 Å². The van der Waals surface area contributed by atoms with Gasteiger partial charge in [0.05, 0.1) is 16.3 Å². The molecule has 3 aromatic rings. The van der Waals surface area contributed by atoms with Crippen LogP contribution < -0.4 is 15.5 Å². The minimum absolute atomic E-state index is 0.00982. The number of piperazine rings is 1. The molecule has 39 heavy (non-hydrogen) atoms. The molecule has 2 aromatic carbocycles. The maximum Gasteiger partial charge on any atom is 0.264 e. The predicted octanol–water partition coefficient (Wildman–Crippen LogP) is 3.68. The number of carbonyl (C=O) groups is 3. The Balaban J connectivity index is 1.39. The SMILES string of the molecule is O=C(Nc1cc(C(=O)N2CCCNCC2)ccc1N1CCN(C(=O)c2cccs2)CC1)c1ccc(F)c(F)c1. The van der Waals surface area contributed by atoms with Crippen molar-refractivity contribution in [1.82, 2.24) is 15.1 Å². The Morgan fingerprint density at radius 1 is 0.795 bits per heavy atom. The summed E-state index contributed by atoms with van der Waals surface area (Å²) in [6.07, 6.45) is 0.845. The molecule has 1 aromatic heterocycles. The number of carbonyl (C=O) groups excluding carboxylic acids is 3. The summed E-state index contributed by atoms with van der Waals surface area (Å²) >= 11 is 1.41. The molecule has 2 aliphatic rings. The Labute approximate surface area is 229 Å². The highest BCUT2D eigenvalue weighted by molar-refractivity contribution is 7.12. The van der Waals surface area contributed by atoms with E-state index in [-0.39, 0.29) is 17.4 Å². The molecule has 204 valence electrons. The van der Waals surface area contributed by atoms with E-state index in [1.54, 1.807) is 34.1 Å². The minimum Gasteiger partial charge on any atom is -0.366 e. The molecular formula is C28H29F2N5O3S. The number of hydrogen-bond donors (Lipinski definition) is 2. The summed E-state index contributed by atoms with van der Waals surface area (Å²) in [5.41, 5.74) is 1.46. The van der Waals surface area contributed by atoms with Crippen LogP contribution in [0, 0.1) is 11.6 Å². The van der Waals surface area contributed by atoms with Gasteiger partial charge in [-0.15, -0.1) is 11.3 Å². The molecule has 0 radical (unpaired) electrons. The van der Waals surface area contributed by atoms with Gasteiger partial charge in [-0.1, -0.05) is 6.07 Å². The standard InChI is InChI=1S/C28H29F2N5O3S/c29-21-6-4-19(17-22(21)30)26(36)32-23-18-20(27(37)34-10-2-8-31-9-11-34)5-7-24(23)33-12-14-35(15-13-33)28(38)25-3-1-16-39-25/h1,3-7,16-18,31H,2,8-15H2,(H,32,36). The van der Waals surface area contributed by atoms with Gasteiger partial charge in [-0.3, -0.25) is 14.4 Å². The van der Waals surface area contributed by atoms with Crippen LogP contribution in [0.1, 0.15) is 36.8 Å². The molecule has 5 rings (SSSR count). The van der Waals surface area contributed by atoms with Gasteiger partial charge < -0.3 is 25.3 Å². The lowest BCUT2D eigenvalue weighted by Gasteiger charge is -2.37. The normalized spacial score (nSPS) is 16.1. The average Bonchev–Trinajstić information content (AvgIpc) is 3.36. The highest BCUT2D eigenvalue weighted by Crippen LogP contribution is 2.30. The van der Waals surface area contributed by atoms with E-state index in [0.29, 0.717) is 67.6 Å². The first-order valence-corrected chi connectivity index (χ1v) is 13.8. The van der Waals surface area contributed by atoms with Crippen molar-refractivity contribution in [3.8, 4) is 0 Å². The van der Waals surface area contributed by atoms with E-state index in [0.717, 1.165) is 25.1 Å². The van der Waals surface area contributed by atoms with Crippen molar-refractivity contribution in [2.45, 2.75) is 6.42 Å². The largest absolute Gasteiger partial charge is 0.366 e. The number of nitrogens with zero attached hydrogens (tertiary/aromatic N) is 3. The van der Waals surface area contributed by atoms with E-state index in [9.17, 15) is 23.2 Å². The maximum atomic E-state index is 13.8. The fraction of sp³-hybridized carbons (Fsp3) is 0.321. The summed E-state index contributed by atoms with van der Waals surface area (Å²) in [6, 6.07) is 11.8. The summed E-state index contributed by atoms with van der Waals surface area (Å²) in [5, 5.41) is 7.96. The first kappa shape index (κ1) is 26.8. The van der Waals surface area contributed by atoms with Crippen LogP contribution in [0.15, 0.2) is 53.9 Å². The van der Waals surface area contributed by atoms with E-state index in [1.165, 1.54) is 17.4 Å². The third kappa shape index (κ3) is 6.10. The third-order valence-corrected chi connectivity index (χ3v) is 7.80. The van der Waals surface area contributed by atoms with Crippen molar-refractivity contribution >= 4 is 40.4 Å². The van der Waals surface area contributed by atoms with Crippen molar-refractivity contribution in [1.29, 1.82) is 0 Å². The molecule has 2 aliphatic heterocycles. The fourth-order valence-electron chi connectivity index (χ4n) is 4.81. The summed E-state index contributed by atoms with van der Waals surface area (Å²) in [6.45, 7) is 4.80. The highest BCUT2D eigenvalue weighted by Gasteiger charge is 2.26. The first-order chi connectivity index (χ1) is 18.9. The molecule has 0 atom stereocenters. The lowest BCUT2D eigenvalue weighted by molar-refractivity contribution is 0.0748. The van der Waals surface area contributed by atoms with Crippen LogP contribution in [0.25, 0.3) is 0 Å². The van der Waals surface area contributed by atoms with Crippen molar-refractivity contribution in [2.24, 2.45) is 0 Å². The molecule has 0 unspecified atom stereocenters. The van der Waals surface area contributed by atoms with E-state index in [4.69, 9.17) is 0 Å². The lowest BCUT2D eigenvalue weighted by Crippen LogP contribution is -2.48. The van der Waals surface area contributed by atoms with Crippen LogP contribution in [0.5, 0.6) is 0 Å². The van der Waals surface area contributed by atoms with Gasteiger partial charge in [0.1, 0.15) is 0 Å². The molecule has 0 aliphatic carbocycles. The second-order valence-corrected chi connectivity index (χ2v) is 10.4. The Morgan fingerprint density at radius 2 is 1.56 bits per heavy atom. The quantitative estimate of drug-likeness (QED) is 0.504. The van der Waals surface area contributed by atoms with Crippen LogP contribution in [0.4, 0.5) is 20.2 Å². The van der Waals surface area contributed by atoms with Crippen LogP contribution in [-0.2, 0) is 0 Å². The van der Waals surface area contributed by atoms with E-state index >= 15 is 0 Å². The van der Waals surface area contributed by atoms with Gasteiger partial charge in [0.2, 0.25) is 0 Å². The zero-order valence-electron chi connectivity index (χ0n) is 21.3. The average molecular weight is 554 g/mol. The van der Waals surface area contributed by atoms with Gasteiger partial charge in [0.25, 0.3) is 17.7 Å². The smallest absolute Gasteiger partial charge is 0.264 e. The zero-order chi connectivity index (χ0) is 27.4. The number of anilines is 2. The molecule has 0 saturated carbocycles. The number of benzene rings is 2. The van der Waals surface area contributed by atoms with Crippen LogP contribution in [-0.4, -0.2) is 79.9 Å². The Kier molecular flexibility index (Phi) is 8.18. The van der Waals surface area contributed by atoms with Crippen LogP contribution >= 0.6 is 11.3 Å². The van der Waals surface area contributed by atoms with Crippen molar-refractivity contribution in [2.75, 3.05) is 62.6 Å². The Bertz CT molecular complexity index is 1350. The molecule has 2 fully saturated rings. The number of rotatable bonds is 5. The van der Waals surface area contributed by atoms with Gasteiger partial charge in [-0.2, -0.15) is 0 Å². The molecular weight excluding hydrogens is 524 g/mol. The summed E-state index contributed by atoms with van der Waals surface area (Å²) < 4.78 is 27.2. The molecule has 2 saturated heterocycles. The third-order valence-electron chi connectivity index (χ3n) is 6.94. The zero-order valence-corrected chi connectivity index (χ0v) is 22.1. The molecule has 8 nitrogen and oxygen atoms in total. The fourth-order valence-corrected chi connectivity index (χ4v) is 5.51. The van der Waals surface area contributed by atoms with Gasteiger partial charge >= 0.3 is 0 Å². The van der Waals surface area contributed by atoms with Crippen LogP contribution in [0.2, 0.25) is 0 Å². The number of amides is 3. The number of hydrogen-bond acceptors (Lipinski definition) is 6. The van der Waals surface area contributed by atoms with Gasteiger partial charge in [0, 0.05) is 56.9 Å². The molecule has 0 bridgehead atoms. The number of nitrogens with one attached hydrogen (secondary N) is 2. The first-order valence-electron chi connectivity index (χ1n) is 12.9. The molecule has 3 heterocycles. The molecule has 11 heteroatoms. The van der Waals surface area contributed by atoms with Crippen LogP contribution in [0.3, 0.4) is 0 Å².